The Kier molecular flexibility index (Phi) is 7.97. The van der Waals surface area contributed by atoms with Crippen molar-refractivity contribution in [3.63, 3.8) is 0 Å². The van der Waals surface area contributed by atoms with Crippen LogP contribution in [-0.2, 0) is 13.1 Å². The number of nitrogens with one attached hydrogen (secondary N) is 2. The van der Waals surface area contributed by atoms with Crippen LogP contribution in [0.25, 0.3) is 0 Å². The molecule has 0 aromatic carbocycles. The van der Waals surface area contributed by atoms with Crippen LogP contribution in [0.5, 0.6) is 5.75 Å². The molecule has 9 heteroatoms. The number of fused-ring (bicyclic) bond motifs is 1. The van der Waals surface area contributed by atoms with Gasteiger partial charge in [0, 0.05) is 19.3 Å². The van der Waals surface area contributed by atoms with E-state index < -0.39 is 0 Å². The summed E-state index contributed by atoms with van der Waals surface area (Å²) in [5, 5.41) is 10.4. The van der Waals surface area contributed by atoms with Crippen molar-refractivity contribution >= 4 is 30.7 Å². The zero-order valence-corrected chi connectivity index (χ0v) is 14.9. The highest BCUT2D eigenvalue weighted by molar-refractivity contribution is 5.92. The number of aromatic nitrogens is 3. The van der Waals surface area contributed by atoms with Gasteiger partial charge in [-0.15, -0.1) is 24.8 Å². The maximum Gasteiger partial charge on any atom is 0.271 e. The summed E-state index contributed by atoms with van der Waals surface area (Å²) in [5.41, 5.74) is 1.49. The molecule has 24 heavy (non-hydrogen) atoms. The quantitative estimate of drug-likeness (QED) is 0.828. The van der Waals surface area contributed by atoms with E-state index in [1.165, 1.54) is 0 Å². The minimum atomic E-state index is -0.177. The SMILES string of the molecule is CC(CNC(=O)c1cc2n(n1)CCNC2)Oc1cccnc1.Cl.Cl. The van der Waals surface area contributed by atoms with Crippen LogP contribution in [0.4, 0.5) is 0 Å². The summed E-state index contributed by atoms with van der Waals surface area (Å²) in [6.07, 6.45) is 3.19. The molecule has 2 aromatic rings. The molecular formula is C15H21Cl2N5O2. The number of ether oxygens (including phenoxy) is 1. The van der Waals surface area contributed by atoms with Crippen LogP contribution in [0.2, 0.25) is 0 Å². The molecule has 0 bridgehead atoms. The number of hydrogen-bond acceptors (Lipinski definition) is 5. The van der Waals surface area contributed by atoms with Gasteiger partial charge in [0.05, 0.1) is 25.0 Å². The second kappa shape index (κ2) is 9.46. The van der Waals surface area contributed by atoms with E-state index in [9.17, 15) is 4.79 Å². The van der Waals surface area contributed by atoms with Crippen LogP contribution in [0.15, 0.2) is 30.6 Å². The highest BCUT2D eigenvalue weighted by Crippen LogP contribution is 2.09. The molecule has 3 heterocycles. The van der Waals surface area contributed by atoms with Crippen molar-refractivity contribution in [1.29, 1.82) is 0 Å². The first-order valence-corrected chi connectivity index (χ1v) is 7.34. The molecule has 3 rings (SSSR count). The van der Waals surface area contributed by atoms with Gasteiger partial charge in [0.1, 0.15) is 17.5 Å². The highest BCUT2D eigenvalue weighted by Gasteiger charge is 2.17. The first kappa shape index (κ1) is 20.2. The molecular weight excluding hydrogens is 353 g/mol. The van der Waals surface area contributed by atoms with E-state index in [4.69, 9.17) is 4.74 Å². The van der Waals surface area contributed by atoms with E-state index in [0.29, 0.717) is 18.0 Å². The molecule has 0 saturated heterocycles. The van der Waals surface area contributed by atoms with Crippen LogP contribution < -0.4 is 15.4 Å². The summed E-state index contributed by atoms with van der Waals surface area (Å²) in [4.78, 5) is 16.1. The number of carbonyl (C=O) groups is 1. The van der Waals surface area contributed by atoms with Crippen LogP contribution in [0.3, 0.4) is 0 Å². The van der Waals surface area contributed by atoms with Gasteiger partial charge in [0.15, 0.2) is 0 Å². The number of pyridine rings is 1. The van der Waals surface area contributed by atoms with Crippen molar-refractivity contribution in [2.45, 2.75) is 26.1 Å². The first-order chi connectivity index (χ1) is 10.7. The molecule has 1 amide bonds. The zero-order chi connectivity index (χ0) is 15.4. The molecule has 0 radical (unpaired) electrons. The average Bonchev–Trinajstić information content (AvgIpc) is 2.98. The third kappa shape index (κ3) is 5.09. The second-order valence-electron chi connectivity index (χ2n) is 5.25. The van der Waals surface area contributed by atoms with Gasteiger partial charge < -0.3 is 15.4 Å². The lowest BCUT2D eigenvalue weighted by Gasteiger charge is -2.14. The van der Waals surface area contributed by atoms with Gasteiger partial charge in [-0.1, -0.05) is 0 Å². The van der Waals surface area contributed by atoms with Crippen LogP contribution in [-0.4, -0.2) is 39.9 Å². The maximum atomic E-state index is 12.1. The Balaban J connectivity index is 0.00000144. The van der Waals surface area contributed by atoms with Gasteiger partial charge in [0.25, 0.3) is 5.91 Å². The van der Waals surface area contributed by atoms with E-state index in [2.05, 4.69) is 20.7 Å². The maximum absolute atomic E-state index is 12.1. The minimum Gasteiger partial charge on any atom is -0.487 e. The summed E-state index contributed by atoms with van der Waals surface area (Å²) in [5.74, 6) is 0.510. The van der Waals surface area contributed by atoms with Crippen molar-refractivity contribution in [3.05, 3.63) is 42.0 Å². The van der Waals surface area contributed by atoms with Gasteiger partial charge in [-0.3, -0.25) is 14.5 Å². The van der Waals surface area contributed by atoms with E-state index in [0.717, 1.165) is 25.3 Å². The largest absolute Gasteiger partial charge is 0.487 e. The predicted octanol–water partition coefficient (Wildman–Crippen LogP) is 1.42. The Labute approximate surface area is 153 Å². The molecule has 0 aliphatic carbocycles. The second-order valence-corrected chi connectivity index (χ2v) is 5.25. The number of halogens is 2. The Bertz CT molecular complexity index is 627. The first-order valence-electron chi connectivity index (χ1n) is 7.34. The van der Waals surface area contributed by atoms with E-state index in [1.807, 2.05) is 29.8 Å². The number of nitrogens with zero attached hydrogens (tertiary/aromatic N) is 3. The Morgan fingerprint density at radius 1 is 1.50 bits per heavy atom. The van der Waals surface area contributed by atoms with Crippen molar-refractivity contribution < 1.29 is 9.53 Å². The van der Waals surface area contributed by atoms with E-state index >= 15 is 0 Å². The molecule has 2 aromatic heterocycles. The normalized spacial score (nSPS) is 13.7. The van der Waals surface area contributed by atoms with E-state index in [1.54, 1.807) is 12.4 Å². The topological polar surface area (TPSA) is 81.1 Å². The van der Waals surface area contributed by atoms with Gasteiger partial charge in [-0.2, -0.15) is 5.10 Å². The fourth-order valence-corrected chi connectivity index (χ4v) is 2.32. The standard InChI is InChI=1S/C15H19N5O2.2ClH/c1-11(22-13-3-2-4-16-10-13)8-18-15(21)14-7-12-9-17-5-6-20(12)19-14;;/h2-4,7,10-11,17H,5-6,8-9H2,1H3,(H,18,21);2*1H. The third-order valence-corrected chi connectivity index (χ3v) is 3.42. The fourth-order valence-electron chi connectivity index (χ4n) is 2.32. The van der Waals surface area contributed by atoms with Crippen molar-refractivity contribution in [2.75, 3.05) is 13.1 Å². The molecule has 1 atom stereocenters. The average molecular weight is 374 g/mol. The molecule has 1 unspecified atom stereocenters. The Hall–Kier alpha value is -1.83. The van der Waals surface area contributed by atoms with Crippen LogP contribution in [0.1, 0.15) is 23.1 Å². The van der Waals surface area contributed by atoms with Gasteiger partial charge >= 0.3 is 0 Å². The van der Waals surface area contributed by atoms with Gasteiger partial charge in [-0.25, -0.2) is 0 Å². The molecule has 1 aliphatic rings. The number of hydrogen-bond donors (Lipinski definition) is 2. The lowest BCUT2D eigenvalue weighted by atomic mass is 10.3. The monoisotopic (exact) mass is 373 g/mol. The van der Waals surface area contributed by atoms with Gasteiger partial charge in [0.2, 0.25) is 0 Å². The lowest BCUT2D eigenvalue weighted by Crippen LogP contribution is -2.34. The Morgan fingerprint density at radius 3 is 3.04 bits per heavy atom. The molecule has 0 saturated carbocycles. The lowest BCUT2D eigenvalue weighted by molar-refractivity contribution is 0.0926. The smallest absolute Gasteiger partial charge is 0.271 e. The molecule has 132 valence electrons. The van der Waals surface area contributed by atoms with Crippen LogP contribution >= 0.6 is 24.8 Å². The van der Waals surface area contributed by atoms with Crippen LogP contribution in [0, 0.1) is 0 Å². The molecule has 1 aliphatic heterocycles. The number of amides is 1. The summed E-state index contributed by atoms with van der Waals surface area (Å²) < 4.78 is 7.55. The number of carbonyl (C=O) groups excluding carboxylic acids is 1. The van der Waals surface area contributed by atoms with Gasteiger partial charge in [-0.05, 0) is 25.1 Å². The zero-order valence-electron chi connectivity index (χ0n) is 13.3. The van der Waals surface area contributed by atoms with Crippen molar-refractivity contribution in [2.24, 2.45) is 0 Å². The summed E-state index contributed by atoms with van der Waals surface area (Å²) >= 11 is 0. The molecule has 0 fully saturated rings. The summed E-state index contributed by atoms with van der Waals surface area (Å²) in [7, 11) is 0. The fraction of sp³-hybridized carbons (Fsp3) is 0.400. The summed E-state index contributed by atoms with van der Waals surface area (Å²) in [6, 6.07) is 5.47. The number of rotatable bonds is 5. The summed E-state index contributed by atoms with van der Waals surface area (Å²) in [6.45, 7) is 4.74. The Morgan fingerprint density at radius 2 is 2.33 bits per heavy atom. The predicted molar refractivity (Wildman–Crippen MR) is 95.1 cm³/mol. The molecule has 7 nitrogen and oxygen atoms in total. The third-order valence-electron chi connectivity index (χ3n) is 3.42. The van der Waals surface area contributed by atoms with Crippen molar-refractivity contribution in [3.8, 4) is 5.75 Å². The molecule has 0 spiro atoms. The highest BCUT2D eigenvalue weighted by atomic mass is 35.5. The molecule has 2 N–H and O–H groups in total. The van der Waals surface area contributed by atoms with Crippen molar-refractivity contribution in [1.82, 2.24) is 25.4 Å². The minimum absolute atomic E-state index is 0. The van der Waals surface area contributed by atoms with E-state index in [-0.39, 0.29) is 36.8 Å².